The van der Waals surface area contributed by atoms with Gasteiger partial charge in [-0.3, -0.25) is 4.79 Å². The van der Waals surface area contributed by atoms with Crippen molar-refractivity contribution in [2.24, 2.45) is 11.8 Å². The van der Waals surface area contributed by atoms with Crippen LogP contribution >= 0.6 is 0 Å². The molecule has 0 amide bonds. The number of carbonyl (C=O) groups excluding carboxylic acids is 1. The summed E-state index contributed by atoms with van der Waals surface area (Å²) in [5, 5.41) is 3.50. The summed E-state index contributed by atoms with van der Waals surface area (Å²) in [5.41, 5.74) is 0. The quantitative estimate of drug-likeness (QED) is 0.719. The first-order valence-electron chi connectivity index (χ1n) is 10.6. The van der Waals surface area contributed by atoms with Crippen LogP contribution in [0.5, 0.6) is 0 Å². The number of hydrogen-bond acceptors (Lipinski definition) is 7. The second-order valence-electron chi connectivity index (χ2n) is 8.72. The maximum atomic E-state index is 11.5. The first-order valence-corrected chi connectivity index (χ1v) is 10.6. The third kappa shape index (κ3) is 4.63. The van der Waals surface area contributed by atoms with Crippen molar-refractivity contribution in [3.63, 3.8) is 0 Å². The fraction of sp³-hybridized carbons (Fsp3) is 0.762. The minimum absolute atomic E-state index is 0.135. The van der Waals surface area contributed by atoms with E-state index in [9.17, 15) is 4.79 Å². The first kappa shape index (κ1) is 21.0. The highest BCUT2D eigenvalue weighted by Crippen LogP contribution is 2.29. The molecule has 1 aromatic rings. The molecule has 1 N–H and O–H groups in total. The average Bonchev–Trinajstić information content (AvgIpc) is 3.12. The zero-order chi connectivity index (χ0) is 20.3. The van der Waals surface area contributed by atoms with E-state index >= 15 is 0 Å². The van der Waals surface area contributed by atoms with Crippen LogP contribution in [0, 0.1) is 11.8 Å². The molecule has 1 aromatic heterocycles. The number of likely N-dealkylation sites (tertiary alicyclic amines) is 1. The molecular weight excluding hydrogens is 354 g/mol. The summed E-state index contributed by atoms with van der Waals surface area (Å²) in [4.78, 5) is 25.1. The van der Waals surface area contributed by atoms with Crippen molar-refractivity contribution in [2.75, 3.05) is 29.9 Å². The summed E-state index contributed by atoms with van der Waals surface area (Å²) in [6, 6.07) is 2.92. The molecule has 2 aliphatic heterocycles. The van der Waals surface area contributed by atoms with Gasteiger partial charge in [-0.25, -0.2) is 4.98 Å². The van der Waals surface area contributed by atoms with Gasteiger partial charge in [0.05, 0.1) is 12.6 Å². The smallest absolute Gasteiger partial charge is 0.224 e. The topological polar surface area (TPSA) is 70.6 Å². The second kappa shape index (κ2) is 9.18. The summed E-state index contributed by atoms with van der Waals surface area (Å²) in [6.45, 7) is 13.9. The van der Waals surface area contributed by atoms with Gasteiger partial charge in [0, 0.05) is 18.3 Å². The number of hydrogen-bond donors (Lipinski definition) is 1. The predicted molar refractivity (Wildman–Crippen MR) is 111 cm³/mol. The highest BCUT2D eigenvalue weighted by Gasteiger charge is 2.37. The molecule has 7 heteroatoms. The molecule has 28 heavy (non-hydrogen) atoms. The minimum Gasteiger partial charge on any atom is -0.351 e. The van der Waals surface area contributed by atoms with E-state index in [0.717, 1.165) is 25.2 Å². The number of rotatable bonds is 7. The number of piperidine rings is 1. The molecule has 3 atom stereocenters. The van der Waals surface area contributed by atoms with Crippen LogP contribution in [0.2, 0.25) is 0 Å². The summed E-state index contributed by atoms with van der Waals surface area (Å²) < 4.78 is 5.66. The van der Waals surface area contributed by atoms with Crippen molar-refractivity contribution in [1.82, 2.24) is 14.9 Å². The summed E-state index contributed by atoms with van der Waals surface area (Å²) in [7, 11) is 0. The number of nitrogens with one attached hydrogen (secondary N) is 1. The minimum atomic E-state index is -0.576. The highest BCUT2D eigenvalue weighted by atomic mass is 16.5. The van der Waals surface area contributed by atoms with Crippen LogP contribution in [0.15, 0.2) is 12.3 Å². The molecule has 1 unspecified atom stereocenters. The average molecular weight is 390 g/mol. The monoisotopic (exact) mass is 389 g/mol. The molecule has 0 spiro atoms. The lowest BCUT2D eigenvalue weighted by atomic mass is 9.90. The van der Waals surface area contributed by atoms with Crippen molar-refractivity contribution >= 4 is 18.1 Å². The number of ether oxygens (including phenoxy) is 1. The molecular formula is C21H35N5O2. The molecule has 0 radical (unpaired) electrons. The largest absolute Gasteiger partial charge is 0.351 e. The van der Waals surface area contributed by atoms with Gasteiger partial charge in [0.15, 0.2) is 12.5 Å². The van der Waals surface area contributed by atoms with E-state index in [1.165, 1.54) is 12.8 Å². The van der Waals surface area contributed by atoms with E-state index < -0.39 is 6.23 Å². The van der Waals surface area contributed by atoms with E-state index in [2.05, 4.69) is 49.8 Å². The number of anilines is 2. The molecule has 2 aliphatic rings. The van der Waals surface area contributed by atoms with E-state index in [1.807, 2.05) is 11.0 Å². The number of aromatic nitrogens is 2. The van der Waals surface area contributed by atoms with Crippen molar-refractivity contribution in [3.8, 4) is 0 Å². The van der Waals surface area contributed by atoms with E-state index in [-0.39, 0.29) is 6.04 Å². The molecule has 0 aliphatic carbocycles. The fourth-order valence-electron chi connectivity index (χ4n) is 4.29. The van der Waals surface area contributed by atoms with Crippen LogP contribution in [0.3, 0.4) is 0 Å². The van der Waals surface area contributed by atoms with Crippen molar-refractivity contribution in [3.05, 3.63) is 12.3 Å². The fourth-order valence-corrected chi connectivity index (χ4v) is 4.29. The Balaban J connectivity index is 1.67. The summed E-state index contributed by atoms with van der Waals surface area (Å²) >= 11 is 0. The second-order valence-corrected chi connectivity index (χ2v) is 8.72. The van der Waals surface area contributed by atoms with Gasteiger partial charge in [0.1, 0.15) is 5.82 Å². The van der Waals surface area contributed by atoms with Gasteiger partial charge in [0.25, 0.3) is 0 Å². The maximum absolute atomic E-state index is 11.5. The third-order valence-corrected chi connectivity index (χ3v) is 6.23. The van der Waals surface area contributed by atoms with Crippen LogP contribution in [0.1, 0.15) is 47.5 Å². The van der Waals surface area contributed by atoms with Gasteiger partial charge in [-0.15, -0.1) is 0 Å². The van der Waals surface area contributed by atoms with Gasteiger partial charge in [-0.2, -0.15) is 4.98 Å². The van der Waals surface area contributed by atoms with Crippen LogP contribution in [0.4, 0.5) is 11.8 Å². The maximum Gasteiger partial charge on any atom is 0.224 e. The molecule has 3 heterocycles. The number of aldehydes is 1. The van der Waals surface area contributed by atoms with E-state index in [4.69, 9.17) is 9.72 Å². The Labute approximate surface area is 168 Å². The molecule has 156 valence electrons. The van der Waals surface area contributed by atoms with Gasteiger partial charge < -0.3 is 19.9 Å². The van der Waals surface area contributed by atoms with Crippen molar-refractivity contribution in [2.45, 2.75) is 71.8 Å². The van der Waals surface area contributed by atoms with Crippen LogP contribution in [-0.4, -0.2) is 65.2 Å². The van der Waals surface area contributed by atoms with Gasteiger partial charge >= 0.3 is 0 Å². The van der Waals surface area contributed by atoms with Crippen LogP contribution in [-0.2, 0) is 9.53 Å². The van der Waals surface area contributed by atoms with Crippen molar-refractivity contribution < 1.29 is 9.53 Å². The van der Waals surface area contributed by atoms with E-state index in [0.29, 0.717) is 36.5 Å². The van der Waals surface area contributed by atoms with Crippen LogP contribution < -0.4 is 10.2 Å². The Hall–Kier alpha value is -1.73. The highest BCUT2D eigenvalue weighted by molar-refractivity contribution is 5.64. The Morgan fingerprint density at radius 3 is 2.54 bits per heavy atom. The lowest BCUT2D eigenvalue weighted by Gasteiger charge is -2.37. The third-order valence-electron chi connectivity index (χ3n) is 6.23. The standard InChI is InChI=1S/C21H35N5O2/c1-14(2)18-13-28-20(12-27)26(18)19-6-9-22-21(24-19)23-16(5)17-7-10-25(11-8-17)15(3)4/h6,9,12,14-18,20H,7-8,10-11,13H2,1-5H3,(H,22,23,24)/t16-,18+,20?/m0/s1. The molecule has 0 aromatic carbocycles. The SMILES string of the molecule is CC(C)[C@H]1COC(C=O)N1c1ccnc(N[C@@H](C)C2CCN(C(C)C)CC2)n1. The molecule has 7 nitrogen and oxygen atoms in total. The van der Waals surface area contributed by atoms with Gasteiger partial charge in [-0.1, -0.05) is 13.8 Å². The lowest BCUT2D eigenvalue weighted by molar-refractivity contribution is -0.115. The Kier molecular flexibility index (Phi) is 6.88. The Morgan fingerprint density at radius 1 is 1.21 bits per heavy atom. The zero-order valence-electron chi connectivity index (χ0n) is 17.8. The normalized spacial score (nSPS) is 25.5. The molecule has 3 rings (SSSR count). The molecule has 0 bridgehead atoms. The molecule has 2 saturated heterocycles. The van der Waals surface area contributed by atoms with Gasteiger partial charge in [-0.05, 0) is 64.6 Å². The predicted octanol–water partition coefficient (Wildman–Crippen LogP) is 2.78. The molecule has 0 saturated carbocycles. The molecule has 2 fully saturated rings. The summed E-state index contributed by atoms with van der Waals surface area (Å²) in [6.07, 6.45) is 4.41. The summed E-state index contributed by atoms with van der Waals surface area (Å²) in [5.74, 6) is 2.34. The van der Waals surface area contributed by atoms with E-state index in [1.54, 1.807) is 6.20 Å². The Morgan fingerprint density at radius 2 is 1.93 bits per heavy atom. The lowest BCUT2D eigenvalue weighted by Crippen LogP contribution is -2.42. The first-order chi connectivity index (χ1) is 13.4. The van der Waals surface area contributed by atoms with Crippen LogP contribution in [0.25, 0.3) is 0 Å². The van der Waals surface area contributed by atoms with Gasteiger partial charge in [0.2, 0.25) is 5.95 Å². The number of carbonyl (C=O) groups is 1. The number of nitrogens with zero attached hydrogens (tertiary/aromatic N) is 4. The zero-order valence-corrected chi connectivity index (χ0v) is 17.8. The Bertz CT molecular complexity index is 645. The van der Waals surface area contributed by atoms with Crippen molar-refractivity contribution in [1.29, 1.82) is 0 Å².